The number of fused-ring (bicyclic) bond motifs is 1. The molecule has 12 heavy (non-hydrogen) atoms. The van der Waals surface area contributed by atoms with Gasteiger partial charge in [0.05, 0.1) is 6.10 Å². The smallest absolute Gasteiger partial charge is 0.0545 e. The van der Waals surface area contributed by atoms with E-state index in [1.807, 2.05) is 0 Å². The molecule has 0 aromatic heterocycles. The van der Waals surface area contributed by atoms with Crippen molar-refractivity contribution in [3.05, 3.63) is 0 Å². The highest BCUT2D eigenvalue weighted by Crippen LogP contribution is 2.54. The van der Waals surface area contributed by atoms with Crippen LogP contribution in [0.4, 0.5) is 0 Å². The second kappa shape index (κ2) is 2.47. The quantitative estimate of drug-likeness (QED) is 0.585. The third-order valence-corrected chi connectivity index (χ3v) is 4.54. The summed E-state index contributed by atoms with van der Waals surface area (Å²) in [5, 5.41) is 9.64. The van der Waals surface area contributed by atoms with Crippen LogP contribution in [0.1, 0.15) is 38.5 Å². The third kappa shape index (κ3) is 0.953. The Morgan fingerprint density at radius 2 is 1.50 bits per heavy atom. The molecule has 4 fully saturated rings. The van der Waals surface area contributed by atoms with E-state index in [2.05, 4.69) is 0 Å². The number of rotatable bonds is 0. The molecule has 0 heterocycles. The molecule has 1 heteroatoms. The Hall–Kier alpha value is -0.0400. The highest BCUT2D eigenvalue weighted by Gasteiger charge is 2.45. The average Bonchev–Trinajstić information content (AvgIpc) is 2.03. The van der Waals surface area contributed by atoms with Gasteiger partial charge < -0.3 is 5.11 Å². The topological polar surface area (TPSA) is 20.2 Å². The van der Waals surface area contributed by atoms with Crippen molar-refractivity contribution in [2.75, 3.05) is 0 Å². The van der Waals surface area contributed by atoms with E-state index in [1.54, 1.807) is 0 Å². The minimum atomic E-state index is 0.0512. The summed E-state index contributed by atoms with van der Waals surface area (Å²) in [6.07, 6.45) is 8.15. The van der Waals surface area contributed by atoms with E-state index < -0.39 is 0 Å². The van der Waals surface area contributed by atoms with Crippen molar-refractivity contribution in [3.8, 4) is 0 Å². The van der Waals surface area contributed by atoms with Crippen LogP contribution in [0.15, 0.2) is 0 Å². The summed E-state index contributed by atoms with van der Waals surface area (Å²) in [5.41, 5.74) is 0. The van der Waals surface area contributed by atoms with Gasteiger partial charge in [0.1, 0.15) is 0 Å². The van der Waals surface area contributed by atoms with Crippen molar-refractivity contribution in [3.63, 3.8) is 0 Å². The maximum absolute atomic E-state index is 9.64. The Labute approximate surface area is 74.2 Å². The van der Waals surface area contributed by atoms with Gasteiger partial charge in [-0.05, 0) is 55.8 Å². The van der Waals surface area contributed by atoms with Gasteiger partial charge in [-0.1, -0.05) is 6.42 Å². The molecule has 4 aliphatic rings. The zero-order valence-electron chi connectivity index (χ0n) is 7.58. The van der Waals surface area contributed by atoms with Gasteiger partial charge in [0.25, 0.3) is 0 Å². The SMILES string of the molecule is OC1C[C@@H]2CC3CCC2[C@H](C1)C3. The summed E-state index contributed by atoms with van der Waals surface area (Å²) in [6.45, 7) is 0. The monoisotopic (exact) mass is 166 g/mol. The first-order valence-electron chi connectivity index (χ1n) is 5.51. The van der Waals surface area contributed by atoms with E-state index in [0.29, 0.717) is 0 Å². The van der Waals surface area contributed by atoms with Crippen LogP contribution in [0.3, 0.4) is 0 Å². The zero-order valence-corrected chi connectivity index (χ0v) is 7.58. The molecule has 0 aliphatic heterocycles. The lowest BCUT2D eigenvalue weighted by Gasteiger charge is -2.52. The van der Waals surface area contributed by atoms with Crippen LogP contribution in [-0.4, -0.2) is 11.2 Å². The first-order chi connectivity index (χ1) is 5.83. The maximum atomic E-state index is 9.64. The standard InChI is InChI=1S/C11H18O/c12-10-5-8-3-7-1-2-11(8)9(4-7)6-10/h7-12H,1-6H2/t7?,8-,9-,10?,11?/m0/s1. The van der Waals surface area contributed by atoms with Crippen LogP contribution >= 0.6 is 0 Å². The maximum Gasteiger partial charge on any atom is 0.0545 e. The number of hydrogen-bond donors (Lipinski definition) is 1. The highest BCUT2D eigenvalue weighted by molar-refractivity contribution is 4.96. The first kappa shape index (κ1) is 7.37. The van der Waals surface area contributed by atoms with Gasteiger partial charge in [-0.3, -0.25) is 0 Å². The molecule has 4 bridgehead atoms. The molecule has 2 atom stereocenters. The van der Waals surface area contributed by atoms with Crippen molar-refractivity contribution in [1.29, 1.82) is 0 Å². The Balaban J connectivity index is 1.85. The van der Waals surface area contributed by atoms with E-state index in [4.69, 9.17) is 0 Å². The average molecular weight is 166 g/mol. The van der Waals surface area contributed by atoms with Gasteiger partial charge in [0, 0.05) is 0 Å². The number of aliphatic hydroxyl groups is 1. The molecule has 0 unspecified atom stereocenters. The number of aliphatic hydroxyl groups excluding tert-OH is 1. The minimum Gasteiger partial charge on any atom is -0.393 e. The van der Waals surface area contributed by atoms with Gasteiger partial charge in [-0.2, -0.15) is 0 Å². The fourth-order valence-electron chi connectivity index (χ4n) is 4.16. The largest absolute Gasteiger partial charge is 0.393 e. The van der Waals surface area contributed by atoms with Crippen molar-refractivity contribution < 1.29 is 5.11 Å². The van der Waals surface area contributed by atoms with Gasteiger partial charge in [-0.15, -0.1) is 0 Å². The number of hydrogen-bond acceptors (Lipinski definition) is 1. The third-order valence-electron chi connectivity index (χ3n) is 4.54. The molecule has 0 aromatic rings. The van der Waals surface area contributed by atoms with Crippen molar-refractivity contribution >= 4 is 0 Å². The predicted molar refractivity (Wildman–Crippen MR) is 47.7 cm³/mol. The Morgan fingerprint density at radius 3 is 2.08 bits per heavy atom. The summed E-state index contributed by atoms with van der Waals surface area (Å²) >= 11 is 0. The molecule has 1 nitrogen and oxygen atoms in total. The second-order valence-electron chi connectivity index (χ2n) is 5.22. The lowest BCUT2D eigenvalue weighted by atomic mass is 9.54. The van der Waals surface area contributed by atoms with Crippen LogP contribution < -0.4 is 0 Å². The lowest BCUT2D eigenvalue weighted by Crippen LogP contribution is -2.44. The van der Waals surface area contributed by atoms with Gasteiger partial charge >= 0.3 is 0 Å². The summed E-state index contributed by atoms with van der Waals surface area (Å²) in [7, 11) is 0. The highest BCUT2D eigenvalue weighted by atomic mass is 16.3. The van der Waals surface area contributed by atoms with Crippen molar-refractivity contribution in [2.45, 2.75) is 44.6 Å². The molecule has 68 valence electrons. The fourth-order valence-corrected chi connectivity index (χ4v) is 4.16. The fraction of sp³-hybridized carbons (Fsp3) is 1.00. The van der Waals surface area contributed by atoms with Crippen LogP contribution in [0.5, 0.6) is 0 Å². The second-order valence-corrected chi connectivity index (χ2v) is 5.22. The van der Waals surface area contributed by atoms with Crippen molar-refractivity contribution in [1.82, 2.24) is 0 Å². The Bertz CT molecular complexity index is 169. The zero-order chi connectivity index (χ0) is 8.13. The molecule has 0 amide bonds. The summed E-state index contributed by atoms with van der Waals surface area (Å²) in [5.74, 6) is 3.87. The molecule has 4 aliphatic carbocycles. The van der Waals surface area contributed by atoms with Crippen LogP contribution in [-0.2, 0) is 0 Å². The molecule has 4 saturated carbocycles. The van der Waals surface area contributed by atoms with E-state index in [1.165, 1.54) is 25.7 Å². The molecule has 0 radical (unpaired) electrons. The van der Waals surface area contributed by atoms with E-state index in [-0.39, 0.29) is 6.10 Å². The molecular formula is C11H18O. The van der Waals surface area contributed by atoms with Crippen LogP contribution in [0.25, 0.3) is 0 Å². The molecule has 4 rings (SSSR count). The van der Waals surface area contributed by atoms with Gasteiger partial charge in [0.2, 0.25) is 0 Å². The molecule has 0 aromatic carbocycles. The molecular weight excluding hydrogens is 148 g/mol. The van der Waals surface area contributed by atoms with Crippen LogP contribution in [0, 0.1) is 23.7 Å². The summed E-state index contributed by atoms with van der Waals surface area (Å²) < 4.78 is 0. The first-order valence-corrected chi connectivity index (χ1v) is 5.51. The minimum absolute atomic E-state index is 0.0512. The van der Waals surface area contributed by atoms with Gasteiger partial charge in [-0.25, -0.2) is 0 Å². The van der Waals surface area contributed by atoms with E-state index >= 15 is 0 Å². The molecule has 0 spiro atoms. The van der Waals surface area contributed by atoms with Crippen molar-refractivity contribution in [2.24, 2.45) is 23.7 Å². The van der Waals surface area contributed by atoms with Crippen LogP contribution in [0.2, 0.25) is 0 Å². The predicted octanol–water partition coefficient (Wildman–Crippen LogP) is 2.19. The van der Waals surface area contributed by atoms with Gasteiger partial charge in [0.15, 0.2) is 0 Å². The van der Waals surface area contributed by atoms with E-state index in [9.17, 15) is 5.11 Å². The molecule has 1 N–H and O–H groups in total. The summed E-state index contributed by atoms with van der Waals surface area (Å²) in [4.78, 5) is 0. The summed E-state index contributed by atoms with van der Waals surface area (Å²) in [6, 6.07) is 0. The van der Waals surface area contributed by atoms with E-state index in [0.717, 1.165) is 36.5 Å². The Kier molecular flexibility index (Phi) is 1.52. The molecule has 0 saturated heterocycles. The lowest BCUT2D eigenvalue weighted by molar-refractivity contribution is -0.0555. The Morgan fingerprint density at radius 1 is 0.833 bits per heavy atom. The normalized spacial score (nSPS) is 57.2.